The van der Waals surface area contributed by atoms with E-state index in [1.54, 1.807) is 17.8 Å². The lowest BCUT2D eigenvalue weighted by molar-refractivity contribution is -0.115. The Balaban J connectivity index is 1.68. The number of aromatic nitrogens is 2. The summed E-state index contributed by atoms with van der Waals surface area (Å²) in [6.45, 7) is 1.76. The number of nitrogens with zero attached hydrogens (tertiary/aromatic N) is 2. The van der Waals surface area contributed by atoms with Gasteiger partial charge in [-0.2, -0.15) is 0 Å². The van der Waals surface area contributed by atoms with Crippen LogP contribution in [0, 0.1) is 6.92 Å². The van der Waals surface area contributed by atoms with E-state index in [0.29, 0.717) is 16.8 Å². The maximum Gasteiger partial charge on any atom is 0.264 e. The van der Waals surface area contributed by atoms with Crippen LogP contribution in [0.25, 0.3) is 5.69 Å². The van der Waals surface area contributed by atoms with E-state index in [0.717, 1.165) is 5.69 Å². The number of anilines is 2. The van der Waals surface area contributed by atoms with Gasteiger partial charge < -0.3 is 5.32 Å². The normalized spacial score (nSPS) is 13.3. The van der Waals surface area contributed by atoms with E-state index in [1.165, 1.54) is 12.1 Å². The number of sulfonamides is 1. The summed E-state index contributed by atoms with van der Waals surface area (Å²) in [6, 6.07) is 12.2. The third kappa shape index (κ3) is 3.29. The second-order valence-electron chi connectivity index (χ2n) is 6.21. The van der Waals surface area contributed by atoms with E-state index >= 15 is 0 Å². The molecule has 1 aromatic heterocycles. The van der Waals surface area contributed by atoms with Crippen LogP contribution in [0.4, 0.5) is 11.5 Å². The first kappa shape index (κ1) is 17.6. The number of halogens is 1. The molecule has 27 heavy (non-hydrogen) atoms. The van der Waals surface area contributed by atoms with Crippen LogP contribution in [0.1, 0.15) is 11.1 Å². The van der Waals surface area contributed by atoms with Crippen molar-refractivity contribution < 1.29 is 13.2 Å². The monoisotopic (exact) mass is 402 g/mol. The fraction of sp³-hybridized carbons (Fsp3) is 0.111. The fourth-order valence-electron chi connectivity index (χ4n) is 2.89. The third-order valence-electron chi connectivity index (χ3n) is 4.22. The average molecular weight is 403 g/mol. The molecule has 0 unspecified atom stereocenters. The van der Waals surface area contributed by atoms with Crippen LogP contribution >= 0.6 is 11.6 Å². The number of carbonyl (C=O) groups is 1. The first-order valence-electron chi connectivity index (χ1n) is 8.10. The second kappa shape index (κ2) is 6.40. The Bertz CT molecular complexity index is 1160. The van der Waals surface area contributed by atoms with Crippen LogP contribution < -0.4 is 10.0 Å². The molecule has 0 spiro atoms. The predicted octanol–water partition coefficient (Wildman–Crippen LogP) is 3.13. The first-order chi connectivity index (χ1) is 12.8. The Morgan fingerprint density at radius 1 is 1.22 bits per heavy atom. The number of benzene rings is 2. The van der Waals surface area contributed by atoms with Crippen molar-refractivity contribution in [2.45, 2.75) is 18.2 Å². The number of fused-ring (bicyclic) bond motifs is 1. The summed E-state index contributed by atoms with van der Waals surface area (Å²) in [5, 5.41) is 7.00. The van der Waals surface area contributed by atoms with Crippen molar-refractivity contribution >= 4 is 39.0 Å². The minimum absolute atomic E-state index is 0.0311. The van der Waals surface area contributed by atoms with Crippen molar-refractivity contribution in [3.63, 3.8) is 0 Å². The van der Waals surface area contributed by atoms with Gasteiger partial charge in [-0.25, -0.2) is 13.1 Å². The third-order valence-corrected chi connectivity index (χ3v) is 6.02. The number of rotatable bonds is 4. The Morgan fingerprint density at radius 3 is 2.70 bits per heavy atom. The Kier molecular flexibility index (Phi) is 4.16. The van der Waals surface area contributed by atoms with E-state index in [2.05, 4.69) is 15.1 Å². The topological polar surface area (TPSA) is 93.1 Å². The molecule has 9 heteroatoms. The lowest BCUT2D eigenvalue weighted by Crippen LogP contribution is -2.15. The molecule has 0 bridgehead atoms. The van der Waals surface area contributed by atoms with Gasteiger partial charge in [-0.15, -0.1) is 5.10 Å². The van der Waals surface area contributed by atoms with E-state index in [1.807, 2.05) is 30.3 Å². The molecule has 1 aliphatic heterocycles. The standard InChI is InChI=1S/C18H15ClN4O3S/c1-11-10-23(13-5-3-2-4-6-13)21-18(11)22-27(25,26)16-7-12-8-17(24)20-15(12)9-14(16)19/h2-7,9-10H,8H2,1H3,(H,20,24)(H,21,22). The molecule has 0 fully saturated rings. The van der Waals surface area contributed by atoms with Crippen molar-refractivity contribution in [2.75, 3.05) is 10.0 Å². The smallest absolute Gasteiger partial charge is 0.264 e. The predicted molar refractivity (Wildman–Crippen MR) is 103 cm³/mol. The molecule has 0 saturated carbocycles. The van der Waals surface area contributed by atoms with Crippen molar-refractivity contribution in [1.29, 1.82) is 0 Å². The van der Waals surface area contributed by atoms with E-state index in [-0.39, 0.29) is 28.1 Å². The highest BCUT2D eigenvalue weighted by Gasteiger charge is 2.26. The van der Waals surface area contributed by atoms with Gasteiger partial charge in [-0.3, -0.25) is 9.52 Å². The zero-order chi connectivity index (χ0) is 19.2. The Hall–Kier alpha value is -2.84. The Labute approximate surface area is 161 Å². The number of hydrogen-bond acceptors (Lipinski definition) is 4. The molecule has 0 radical (unpaired) electrons. The zero-order valence-corrected chi connectivity index (χ0v) is 15.8. The van der Waals surface area contributed by atoms with Crippen molar-refractivity contribution in [3.05, 3.63) is 64.8 Å². The number of amides is 1. The maximum absolute atomic E-state index is 12.9. The van der Waals surface area contributed by atoms with Gasteiger partial charge in [0.25, 0.3) is 10.0 Å². The van der Waals surface area contributed by atoms with Gasteiger partial charge in [0.05, 0.1) is 17.1 Å². The first-order valence-corrected chi connectivity index (χ1v) is 9.96. The van der Waals surface area contributed by atoms with Crippen LogP contribution in [0.3, 0.4) is 0 Å². The summed E-state index contributed by atoms with van der Waals surface area (Å²) in [7, 11) is -3.97. The van der Waals surface area contributed by atoms with E-state index in [4.69, 9.17) is 11.6 Å². The zero-order valence-electron chi connectivity index (χ0n) is 14.2. The number of hydrogen-bond donors (Lipinski definition) is 2. The van der Waals surface area contributed by atoms with Crippen molar-refractivity contribution in [2.24, 2.45) is 0 Å². The highest BCUT2D eigenvalue weighted by Crippen LogP contribution is 2.33. The molecule has 138 valence electrons. The molecule has 0 saturated heterocycles. The summed E-state index contributed by atoms with van der Waals surface area (Å²) in [6.07, 6.45) is 1.86. The van der Waals surface area contributed by atoms with Crippen LogP contribution in [-0.2, 0) is 21.2 Å². The fourth-order valence-corrected chi connectivity index (χ4v) is 4.54. The molecule has 2 N–H and O–H groups in total. The molecule has 3 aromatic rings. The van der Waals surface area contributed by atoms with Crippen molar-refractivity contribution in [3.8, 4) is 5.69 Å². The average Bonchev–Trinajstić information content (AvgIpc) is 3.16. The lowest BCUT2D eigenvalue weighted by Gasteiger charge is -2.10. The number of carbonyl (C=O) groups excluding carboxylic acids is 1. The minimum atomic E-state index is -3.97. The molecule has 2 aromatic carbocycles. The molecule has 0 aliphatic carbocycles. The lowest BCUT2D eigenvalue weighted by atomic mass is 10.2. The van der Waals surface area contributed by atoms with Crippen LogP contribution in [0.15, 0.2) is 53.6 Å². The molecular weight excluding hydrogens is 388 g/mol. The van der Waals surface area contributed by atoms with Gasteiger partial charge in [-0.05, 0) is 36.8 Å². The molecular formula is C18H15ClN4O3S. The molecule has 4 rings (SSSR count). The van der Waals surface area contributed by atoms with Gasteiger partial charge in [0.2, 0.25) is 5.91 Å². The summed E-state index contributed by atoms with van der Waals surface area (Å²) >= 11 is 6.15. The van der Waals surface area contributed by atoms with Gasteiger partial charge in [-0.1, -0.05) is 29.8 Å². The summed E-state index contributed by atoms with van der Waals surface area (Å²) in [4.78, 5) is 11.4. The van der Waals surface area contributed by atoms with Gasteiger partial charge in [0.15, 0.2) is 5.82 Å². The van der Waals surface area contributed by atoms with Crippen LogP contribution in [-0.4, -0.2) is 24.1 Å². The molecule has 2 heterocycles. The van der Waals surface area contributed by atoms with Gasteiger partial charge in [0.1, 0.15) is 4.90 Å². The molecule has 1 aliphatic rings. The molecule has 1 amide bonds. The van der Waals surface area contributed by atoms with Crippen molar-refractivity contribution in [1.82, 2.24) is 9.78 Å². The number of nitrogens with one attached hydrogen (secondary N) is 2. The van der Waals surface area contributed by atoms with E-state index in [9.17, 15) is 13.2 Å². The quantitative estimate of drug-likeness (QED) is 0.701. The number of aryl methyl sites for hydroxylation is 1. The molecule has 7 nitrogen and oxygen atoms in total. The van der Waals surface area contributed by atoms with Crippen LogP contribution in [0.2, 0.25) is 5.02 Å². The largest absolute Gasteiger partial charge is 0.325 e. The second-order valence-corrected chi connectivity index (χ2v) is 8.27. The number of para-hydroxylation sites is 1. The summed E-state index contributed by atoms with van der Waals surface area (Å²) in [5.74, 6) is 0.0191. The Morgan fingerprint density at radius 2 is 1.96 bits per heavy atom. The van der Waals surface area contributed by atoms with E-state index < -0.39 is 10.0 Å². The summed E-state index contributed by atoms with van der Waals surface area (Å²) in [5.41, 5.74) is 2.60. The minimum Gasteiger partial charge on any atom is -0.325 e. The van der Waals surface area contributed by atoms with Gasteiger partial charge in [0, 0.05) is 17.4 Å². The SMILES string of the molecule is Cc1cn(-c2ccccc2)nc1NS(=O)(=O)c1cc2c(cc1Cl)NC(=O)C2. The maximum atomic E-state index is 12.9. The highest BCUT2D eigenvalue weighted by molar-refractivity contribution is 7.92. The molecule has 0 atom stereocenters. The summed E-state index contributed by atoms with van der Waals surface area (Å²) < 4.78 is 29.8. The van der Waals surface area contributed by atoms with Gasteiger partial charge >= 0.3 is 0 Å². The highest BCUT2D eigenvalue weighted by atomic mass is 35.5. The van der Waals surface area contributed by atoms with Crippen LogP contribution in [0.5, 0.6) is 0 Å².